The van der Waals surface area contributed by atoms with Crippen molar-refractivity contribution in [2.75, 3.05) is 0 Å². The van der Waals surface area contributed by atoms with Crippen molar-refractivity contribution >= 4 is 24.9 Å². The third-order valence-electron chi connectivity index (χ3n) is 2.52. The molecule has 2 aromatic rings. The maximum absolute atomic E-state index is 10.8. The molecule has 2 rings (SSSR count). The van der Waals surface area contributed by atoms with Crippen LogP contribution in [0.5, 0.6) is 0 Å². The average molecular weight is 275 g/mol. The van der Waals surface area contributed by atoms with Gasteiger partial charge in [0.25, 0.3) is 0 Å². The molecule has 1 atom stereocenters. The molecule has 19 heavy (non-hydrogen) atoms. The van der Waals surface area contributed by atoms with Crippen molar-refractivity contribution in [1.82, 2.24) is 9.97 Å². The second-order valence-electron chi connectivity index (χ2n) is 3.86. The van der Waals surface area contributed by atoms with Crippen LogP contribution in [0.15, 0.2) is 24.3 Å². The molecular weight excluding hydrogens is 265 g/mol. The quantitative estimate of drug-likeness (QED) is 0.815. The molecular formula is C12H10N3O3P. The first-order valence-corrected chi connectivity index (χ1v) is 6.25. The van der Waals surface area contributed by atoms with Crippen LogP contribution in [-0.4, -0.2) is 27.1 Å². The number of hydrogen-bond acceptors (Lipinski definition) is 5. The Hall–Kier alpha value is -2.00. The van der Waals surface area contributed by atoms with E-state index in [1.807, 2.05) is 0 Å². The van der Waals surface area contributed by atoms with Gasteiger partial charge in [0, 0.05) is 0 Å². The number of carboxylic acid groups (broad SMARTS) is 1. The van der Waals surface area contributed by atoms with Crippen LogP contribution in [0.4, 0.5) is 0 Å². The van der Waals surface area contributed by atoms with E-state index in [0.717, 1.165) is 0 Å². The second-order valence-corrected chi connectivity index (χ2v) is 4.27. The van der Waals surface area contributed by atoms with Crippen molar-refractivity contribution in [3.8, 4) is 5.63 Å². The fourth-order valence-electron chi connectivity index (χ4n) is 1.61. The zero-order chi connectivity index (χ0) is 13.8. The molecule has 7 heteroatoms. The molecule has 6 nitrogen and oxygen atoms in total. The van der Waals surface area contributed by atoms with Gasteiger partial charge in [-0.3, -0.25) is 0 Å². The summed E-state index contributed by atoms with van der Waals surface area (Å²) in [6.45, 7) is 0. The Labute approximate surface area is 109 Å². The average Bonchev–Trinajstić information content (AvgIpc) is 2.39. The van der Waals surface area contributed by atoms with Gasteiger partial charge in [-0.2, -0.15) is 0 Å². The van der Waals surface area contributed by atoms with Crippen molar-refractivity contribution in [2.45, 2.75) is 12.5 Å². The Bertz CT molecular complexity index is 742. The summed E-state index contributed by atoms with van der Waals surface area (Å²) >= 11 is 0. The predicted molar refractivity (Wildman–Crippen MR) is 69.4 cm³/mol. The van der Waals surface area contributed by atoms with E-state index >= 15 is 0 Å². The summed E-state index contributed by atoms with van der Waals surface area (Å²) in [4.78, 5) is 19.3. The van der Waals surface area contributed by atoms with Gasteiger partial charge in [0.1, 0.15) is 0 Å². The summed E-state index contributed by atoms with van der Waals surface area (Å²) in [5.41, 5.74) is 9.89. The van der Waals surface area contributed by atoms with E-state index in [1.165, 1.54) is 0 Å². The summed E-state index contributed by atoms with van der Waals surface area (Å²) in [7, 11) is -0.337. The van der Waals surface area contributed by atoms with Gasteiger partial charge in [-0.25, -0.2) is 0 Å². The van der Waals surface area contributed by atoms with Crippen LogP contribution < -0.4 is 5.73 Å². The predicted octanol–water partition coefficient (Wildman–Crippen LogP) is 1.18. The molecule has 0 amide bonds. The molecule has 0 aliphatic rings. The van der Waals surface area contributed by atoms with Crippen LogP contribution in [0.2, 0.25) is 0 Å². The zero-order valence-electron chi connectivity index (χ0n) is 9.78. The standard InChI is InChI=1S/C12H10N3O3P/c13-7(12(16)17)5-10-11(6-19-18)15-9-4-2-1-3-8(9)14-10/h1-4,7H,5,13H2,(H,16,17). The van der Waals surface area contributed by atoms with E-state index in [4.69, 9.17) is 10.8 Å². The molecule has 0 aliphatic carbocycles. The van der Waals surface area contributed by atoms with Crippen molar-refractivity contribution in [3.63, 3.8) is 0 Å². The van der Waals surface area contributed by atoms with Gasteiger partial charge < -0.3 is 0 Å². The van der Waals surface area contributed by atoms with Crippen molar-refractivity contribution in [2.24, 2.45) is 5.73 Å². The first kappa shape index (κ1) is 13.4. The van der Waals surface area contributed by atoms with E-state index in [-0.39, 0.29) is 20.0 Å². The molecule has 0 bridgehead atoms. The number of rotatable bonds is 3. The van der Waals surface area contributed by atoms with E-state index in [1.54, 1.807) is 24.3 Å². The SMILES string of the molecule is NC(Cc1nc2ccccc2nc1C#P=O)C(=O)O. The Morgan fingerprint density at radius 2 is 2.00 bits per heavy atom. The molecule has 1 heterocycles. The molecule has 96 valence electrons. The van der Waals surface area contributed by atoms with E-state index < -0.39 is 12.0 Å². The third-order valence-corrected chi connectivity index (χ3v) is 2.83. The molecule has 1 unspecified atom stereocenters. The van der Waals surface area contributed by atoms with Crippen LogP contribution >= 0.6 is 7.92 Å². The number of para-hydroxylation sites is 2. The number of nitrogens with two attached hydrogens (primary N) is 1. The molecule has 1 aromatic heterocycles. The van der Waals surface area contributed by atoms with Gasteiger partial charge >= 0.3 is 109 Å². The molecule has 0 saturated heterocycles. The molecule has 0 saturated carbocycles. The van der Waals surface area contributed by atoms with Gasteiger partial charge in [0.2, 0.25) is 0 Å². The van der Waals surface area contributed by atoms with Gasteiger partial charge in [-0.05, 0) is 0 Å². The van der Waals surface area contributed by atoms with Gasteiger partial charge in [-0.15, -0.1) is 0 Å². The van der Waals surface area contributed by atoms with Crippen LogP contribution in [0.25, 0.3) is 11.0 Å². The van der Waals surface area contributed by atoms with Crippen LogP contribution in [0, 0.1) is 5.63 Å². The van der Waals surface area contributed by atoms with Gasteiger partial charge in [-0.1, -0.05) is 0 Å². The number of aliphatic carboxylic acids is 1. The normalized spacial score (nSPS) is 11.8. The van der Waals surface area contributed by atoms with Crippen molar-refractivity contribution in [1.29, 1.82) is 0 Å². The van der Waals surface area contributed by atoms with Crippen molar-refractivity contribution < 1.29 is 14.5 Å². The Morgan fingerprint density at radius 1 is 1.37 bits per heavy atom. The fourth-order valence-corrected chi connectivity index (χ4v) is 1.87. The summed E-state index contributed by atoms with van der Waals surface area (Å²) in [6, 6.07) is 6.04. The Morgan fingerprint density at radius 3 is 2.58 bits per heavy atom. The number of benzene rings is 1. The molecule has 0 fully saturated rings. The fraction of sp³-hybridized carbons (Fsp3) is 0.167. The molecule has 0 aliphatic heterocycles. The molecule has 0 spiro atoms. The van der Waals surface area contributed by atoms with Crippen LogP contribution in [0.3, 0.4) is 0 Å². The number of aromatic nitrogens is 2. The number of nitrogens with zero attached hydrogens (tertiary/aromatic N) is 2. The Balaban J connectivity index is 2.55. The molecule has 1 aromatic carbocycles. The molecule has 3 N–H and O–H groups in total. The number of hydrogen-bond donors (Lipinski definition) is 2. The molecule has 0 radical (unpaired) electrons. The van der Waals surface area contributed by atoms with Crippen molar-refractivity contribution in [3.05, 3.63) is 35.7 Å². The Kier molecular flexibility index (Phi) is 4.07. The van der Waals surface area contributed by atoms with E-state index in [9.17, 15) is 9.36 Å². The number of fused-ring (bicyclic) bond motifs is 1. The van der Waals surface area contributed by atoms with Gasteiger partial charge in [0.15, 0.2) is 0 Å². The summed E-state index contributed by atoms with van der Waals surface area (Å²) in [5.74, 6) is -1.12. The minimum atomic E-state index is -1.12. The first-order valence-electron chi connectivity index (χ1n) is 5.44. The number of carbonyl (C=O) groups is 1. The summed E-state index contributed by atoms with van der Waals surface area (Å²) in [6.07, 6.45) is 0.00498. The second kappa shape index (κ2) is 5.76. The maximum atomic E-state index is 10.8. The zero-order valence-corrected chi connectivity index (χ0v) is 10.7. The minimum absolute atomic E-state index is 0.00498. The topological polar surface area (TPSA) is 106 Å². The van der Waals surface area contributed by atoms with Crippen LogP contribution in [0.1, 0.15) is 11.4 Å². The monoisotopic (exact) mass is 275 g/mol. The summed E-state index contributed by atoms with van der Waals surface area (Å²) in [5, 5.41) is 8.82. The van der Waals surface area contributed by atoms with Crippen LogP contribution in [-0.2, 0) is 15.8 Å². The summed E-state index contributed by atoms with van der Waals surface area (Å²) < 4.78 is 10.7. The van der Waals surface area contributed by atoms with Gasteiger partial charge in [0.05, 0.1) is 0 Å². The van der Waals surface area contributed by atoms with E-state index in [2.05, 4.69) is 15.6 Å². The first-order chi connectivity index (χ1) is 9.11. The third kappa shape index (κ3) is 3.06. The number of carboxylic acids is 1. The van der Waals surface area contributed by atoms with E-state index in [0.29, 0.717) is 16.7 Å².